The normalized spacial score (nSPS) is 19.3. The summed E-state index contributed by atoms with van der Waals surface area (Å²) in [6, 6.07) is 7.96. The first-order chi connectivity index (χ1) is 12.8. The van der Waals surface area contributed by atoms with Gasteiger partial charge >= 0.3 is 0 Å². The van der Waals surface area contributed by atoms with Gasteiger partial charge in [0, 0.05) is 31.1 Å². The molecule has 2 aliphatic rings. The first-order valence-corrected chi connectivity index (χ1v) is 10.9. The van der Waals surface area contributed by atoms with Gasteiger partial charge in [-0.3, -0.25) is 0 Å². The third-order valence-electron chi connectivity index (χ3n) is 5.48. The summed E-state index contributed by atoms with van der Waals surface area (Å²) >= 11 is 7.65. The standard InChI is InChI=1S/C20H26ClN3OS/c21-17-7-5-15(6-8-17)13-19-22-23-20(26-19)24-11-9-18(10-12-24)25-14-16-3-1-2-4-16/h5-8,16,18H,1-4,9-14H2. The number of halogens is 1. The maximum Gasteiger partial charge on any atom is 0.208 e. The molecular formula is C20H26ClN3OS. The van der Waals surface area contributed by atoms with Crippen molar-refractivity contribution in [2.75, 3.05) is 24.6 Å². The van der Waals surface area contributed by atoms with Crippen molar-refractivity contribution in [1.29, 1.82) is 0 Å². The van der Waals surface area contributed by atoms with Crippen molar-refractivity contribution < 1.29 is 4.74 Å². The van der Waals surface area contributed by atoms with E-state index in [4.69, 9.17) is 16.3 Å². The molecule has 2 aromatic rings. The highest BCUT2D eigenvalue weighted by Gasteiger charge is 2.24. The second kappa shape index (κ2) is 8.68. The molecule has 0 N–H and O–H groups in total. The molecule has 1 aliphatic carbocycles. The van der Waals surface area contributed by atoms with Gasteiger partial charge in [-0.15, -0.1) is 10.2 Å². The number of hydrogen-bond acceptors (Lipinski definition) is 5. The fraction of sp³-hybridized carbons (Fsp3) is 0.600. The number of rotatable bonds is 6. The number of benzene rings is 1. The molecule has 0 atom stereocenters. The summed E-state index contributed by atoms with van der Waals surface area (Å²) in [6.07, 6.45) is 8.94. The summed E-state index contributed by atoms with van der Waals surface area (Å²) in [5, 5.41) is 11.7. The summed E-state index contributed by atoms with van der Waals surface area (Å²) in [7, 11) is 0. The van der Waals surface area contributed by atoms with Crippen molar-refractivity contribution in [2.45, 2.75) is 51.0 Å². The van der Waals surface area contributed by atoms with E-state index in [1.54, 1.807) is 11.3 Å². The summed E-state index contributed by atoms with van der Waals surface area (Å²) in [5.74, 6) is 0.812. The highest BCUT2D eigenvalue weighted by Crippen LogP contribution is 2.28. The third kappa shape index (κ3) is 4.76. The molecule has 0 bridgehead atoms. The largest absolute Gasteiger partial charge is 0.378 e. The fourth-order valence-corrected chi connectivity index (χ4v) is 4.93. The first kappa shape index (κ1) is 18.2. The zero-order chi connectivity index (χ0) is 17.8. The summed E-state index contributed by atoms with van der Waals surface area (Å²) in [5.41, 5.74) is 1.22. The van der Waals surface area contributed by atoms with Crippen LogP contribution in [0.4, 0.5) is 5.13 Å². The molecule has 140 valence electrons. The molecule has 1 aromatic heterocycles. The van der Waals surface area contributed by atoms with E-state index >= 15 is 0 Å². The van der Waals surface area contributed by atoms with Gasteiger partial charge in [-0.2, -0.15) is 0 Å². The molecule has 0 radical (unpaired) electrons. The van der Waals surface area contributed by atoms with E-state index in [1.165, 1.54) is 31.2 Å². The van der Waals surface area contributed by atoms with Gasteiger partial charge < -0.3 is 9.64 Å². The molecule has 2 fully saturated rings. The van der Waals surface area contributed by atoms with E-state index in [9.17, 15) is 0 Å². The van der Waals surface area contributed by atoms with Crippen LogP contribution < -0.4 is 4.90 Å². The molecule has 2 heterocycles. The van der Waals surface area contributed by atoms with Crippen LogP contribution in [-0.4, -0.2) is 36.0 Å². The summed E-state index contributed by atoms with van der Waals surface area (Å²) in [4.78, 5) is 2.36. The van der Waals surface area contributed by atoms with Crippen LogP contribution in [0.25, 0.3) is 0 Å². The van der Waals surface area contributed by atoms with Crippen LogP contribution in [-0.2, 0) is 11.2 Å². The Morgan fingerprint density at radius 1 is 1.04 bits per heavy atom. The van der Waals surface area contributed by atoms with Crippen LogP contribution in [0, 0.1) is 5.92 Å². The lowest BCUT2D eigenvalue weighted by atomic mass is 10.1. The van der Waals surface area contributed by atoms with Gasteiger partial charge in [-0.1, -0.05) is 47.9 Å². The van der Waals surface area contributed by atoms with Gasteiger partial charge in [-0.05, 0) is 49.3 Å². The Kier molecular flexibility index (Phi) is 6.08. The number of nitrogens with zero attached hydrogens (tertiary/aromatic N) is 3. The number of ether oxygens (including phenoxy) is 1. The third-order valence-corrected chi connectivity index (χ3v) is 6.72. The Morgan fingerprint density at radius 2 is 1.77 bits per heavy atom. The van der Waals surface area contributed by atoms with Gasteiger partial charge in [0.05, 0.1) is 6.10 Å². The van der Waals surface area contributed by atoms with E-state index < -0.39 is 0 Å². The topological polar surface area (TPSA) is 38.2 Å². The molecule has 4 rings (SSSR count). The Labute approximate surface area is 164 Å². The van der Waals surface area contributed by atoms with E-state index in [1.807, 2.05) is 12.1 Å². The van der Waals surface area contributed by atoms with Crippen molar-refractivity contribution in [3.63, 3.8) is 0 Å². The SMILES string of the molecule is Clc1ccc(Cc2nnc(N3CCC(OCC4CCCC4)CC3)s2)cc1. The minimum absolute atomic E-state index is 0.424. The van der Waals surface area contributed by atoms with Crippen molar-refractivity contribution in [2.24, 2.45) is 5.92 Å². The molecule has 1 saturated heterocycles. The molecule has 26 heavy (non-hydrogen) atoms. The molecule has 0 unspecified atom stereocenters. The minimum Gasteiger partial charge on any atom is -0.378 e. The van der Waals surface area contributed by atoms with Gasteiger partial charge in [0.25, 0.3) is 0 Å². The van der Waals surface area contributed by atoms with E-state index in [2.05, 4.69) is 27.2 Å². The predicted molar refractivity (Wildman–Crippen MR) is 107 cm³/mol. The highest BCUT2D eigenvalue weighted by molar-refractivity contribution is 7.15. The number of hydrogen-bond donors (Lipinski definition) is 0. The maximum atomic E-state index is 6.17. The molecular weight excluding hydrogens is 366 g/mol. The van der Waals surface area contributed by atoms with Crippen LogP contribution >= 0.6 is 22.9 Å². The zero-order valence-corrected chi connectivity index (χ0v) is 16.6. The van der Waals surface area contributed by atoms with E-state index in [0.29, 0.717) is 6.10 Å². The number of piperidine rings is 1. The quantitative estimate of drug-likeness (QED) is 0.697. The average Bonchev–Trinajstić information content (AvgIpc) is 3.34. The summed E-state index contributed by atoms with van der Waals surface area (Å²) in [6.45, 7) is 3.00. The minimum atomic E-state index is 0.424. The van der Waals surface area contributed by atoms with Crippen LogP contribution in [0.2, 0.25) is 5.02 Å². The number of aromatic nitrogens is 2. The Morgan fingerprint density at radius 3 is 2.50 bits per heavy atom. The molecule has 6 heteroatoms. The van der Waals surface area contributed by atoms with Gasteiger partial charge in [0.1, 0.15) is 5.01 Å². The number of anilines is 1. The lowest BCUT2D eigenvalue weighted by Crippen LogP contribution is -2.37. The lowest BCUT2D eigenvalue weighted by Gasteiger charge is -2.31. The van der Waals surface area contributed by atoms with Crippen molar-refractivity contribution in [1.82, 2.24) is 10.2 Å². The molecule has 0 spiro atoms. The zero-order valence-electron chi connectivity index (χ0n) is 15.1. The van der Waals surface area contributed by atoms with E-state index in [0.717, 1.165) is 60.0 Å². The van der Waals surface area contributed by atoms with Crippen molar-refractivity contribution >= 4 is 28.1 Å². The fourth-order valence-electron chi connectivity index (χ4n) is 3.88. The molecule has 1 aliphatic heterocycles. The predicted octanol–water partition coefficient (Wildman–Crippen LogP) is 4.96. The smallest absolute Gasteiger partial charge is 0.208 e. The van der Waals surface area contributed by atoms with Gasteiger partial charge in [0.2, 0.25) is 5.13 Å². The molecule has 1 saturated carbocycles. The second-order valence-corrected chi connectivity index (χ2v) is 8.93. The Hall–Kier alpha value is -1.17. The maximum absolute atomic E-state index is 6.17. The first-order valence-electron chi connectivity index (χ1n) is 9.69. The Bertz CT molecular complexity index is 691. The van der Waals surface area contributed by atoms with Crippen LogP contribution in [0.3, 0.4) is 0 Å². The van der Waals surface area contributed by atoms with Crippen LogP contribution in [0.1, 0.15) is 49.1 Å². The van der Waals surface area contributed by atoms with Crippen molar-refractivity contribution in [3.05, 3.63) is 39.9 Å². The average molecular weight is 392 g/mol. The van der Waals surface area contributed by atoms with Crippen LogP contribution in [0.15, 0.2) is 24.3 Å². The lowest BCUT2D eigenvalue weighted by molar-refractivity contribution is 0.0164. The van der Waals surface area contributed by atoms with E-state index in [-0.39, 0.29) is 0 Å². The van der Waals surface area contributed by atoms with Gasteiger partial charge in [-0.25, -0.2) is 0 Å². The Balaban J connectivity index is 1.25. The van der Waals surface area contributed by atoms with Crippen LogP contribution in [0.5, 0.6) is 0 Å². The second-order valence-electron chi connectivity index (χ2n) is 7.45. The monoisotopic (exact) mass is 391 g/mol. The molecule has 1 aromatic carbocycles. The van der Waals surface area contributed by atoms with Crippen molar-refractivity contribution in [3.8, 4) is 0 Å². The molecule has 0 amide bonds. The summed E-state index contributed by atoms with van der Waals surface area (Å²) < 4.78 is 6.17. The highest BCUT2D eigenvalue weighted by atomic mass is 35.5. The molecule has 4 nitrogen and oxygen atoms in total. The van der Waals surface area contributed by atoms with Gasteiger partial charge in [0.15, 0.2) is 0 Å².